The molecule has 1 nitrogen and oxygen atoms in total. The molecule has 0 aliphatic heterocycles. The lowest BCUT2D eigenvalue weighted by atomic mass is 9.75. The highest BCUT2D eigenvalue weighted by Gasteiger charge is 2.28. The van der Waals surface area contributed by atoms with Crippen molar-refractivity contribution in [3.05, 3.63) is 21.9 Å². The van der Waals surface area contributed by atoms with Gasteiger partial charge in [-0.05, 0) is 55.0 Å². The second-order valence-corrected chi connectivity index (χ2v) is 5.71. The first-order chi connectivity index (χ1) is 6.68. The highest BCUT2D eigenvalue weighted by molar-refractivity contribution is 7.10. The summed E-state index contributed by atoms with van der Waals surface area (Å²) in [7, 11) is 0. The lowest BCUT2D eigenvalue weighted by Gasteiger charge is -2.32. The van der Waals surface area contributed by atoms with Crippen LogP contribution in [-0.2, 0) is 0 Å². The van der Waals surface area contributed by atoms with Gasteiger partial charge in [0.25, 0.3) is 0 Å². The lowest BCUT2D eigenvalue weighted by Crippen LogP contribution is -2.31. The Morgan fingerprint density at radius 1 is 1.43 bits per heavy atom. The first kappa shape index (κ1) is 10.2. The van der Waals surface area contributed by atoms with Crippen molar-refractivity contribution in [1.82, 2.24) is 0 Å². The minimum absolute atomic E-state index is 0.426. The molecule has 2 N–H and O–H groups in total. The maximum atomic E-state index is 6.05. The van der Waals surface area contributed by atoms with E-state index in [1.165, 1.54) is 24.1 Å². The minimum Gasteiger partial charge on any atom is -0.328 e. The topological polar surface area (TPSA) is 26.0 Å². The number of thiophene rings is 1. The summed E-state index contributed by atoms with van der Waals surface area (Å²) in [6.45, 7) is 4.60. The van der Waals surface area contributed by atoms with E-state index in [1.54, 1.807) is 5.56 Å². The van der Waals surface area contributed by atoms with Gasteiger partial charge in [0.2, 0.25) is 0 Å². The average Bonchev–Trinajstić information content (AvgIpc) is 2.56. The molecule has 78 valence electrons. The fourth-order valence-electron chi connectivity index (χ4n) is 2.57. The second kappa shape index (κ2) is 4.03. The van der Waals surface area contributed by atoms with E-state index in [0.29, 0.717) is 12.0 Å². The molecule has 1 fully saturated rings. The molecule has 0 radical (unpaired) electrons. The van der Waals surface area contributed by atoms with Crippen molar-refractivity contribution < 1.29 is 0 Å². The van der Waals surface area contributed by atoms with E-state index in [9.17, 15) is 0 Å². The summed E-state index contributed by atoms with van der Waals surface area (Å²) in [4.78, 5) is 1.48. The zero-order valence-corrected chi connectivity index (χ0v) is 9.81. The maximum absolute atomic E-state index is 6.05. The quantitative estimate of drug-likeness (QED) is 0.754. The van der Waals surface area contributed by atoms with E-state index >= 15 is 0 Å². The molecule has 3 unspecified atom stereocenters. The normalized spacial score (nSPS) is 33.2. The number of rotatable bonds is 1. The van der Waals surface area contributed by atoms with E-state index in [1.807, 2.05) is 11.3 Å². The molecular weight excluding hydrogens is 190 g/mol. The van der Waals surface area contributed by atoms with Crippen LogP contribution in [0.25, 0.3) is 0 Å². The van der Waals surface area contributed by atoms with Crippen LogP contribution < -0.4 is 5.73 Å². The molecule has 3 atom stereocenters. The van der Waals surface area contributed by atoms with E-state index in [2.05, 4.69) is 25.3 Å². The molecule has 1 saturated carbocycles. The monoisotopic (exact) mass is 209 g/mol. The van der Waals surface area contributed by atoms with Crippen LogP contribution in [0.3, 0.4) is 0 Å². The molecule has 1 heterocycles. The highest BCUT2D eigenvalue weighted by Crippen LogP contribution is 2.39. The Balaban J connectivity index is 2.20. The van der Waals surface area contributed by atoms with Crippen LogP contribution in [0.4, 0.5) is 0 Å². The van der Waals surface area contributed by atoms with Gasteiger partial charge in [-0.3, -0.25) is 0 Å². The molecule has 0 amide bonds. The fourth-order valence-corrected chi connectivity index (χ4v) is 3.34. The number of nitrogens with two attached hydrogens (primary N) is 1. The summed E-state index contributed by atoms with van der Waals surface area (Å²) in [5.41, 5.74) is 7.60. The van der Waals surface area contributed by atoms with Gasteiger partial charge >= 0.3 is 0 Å². The van der Waals surface area contributed by atoms with Crippen molar-refractivity contribution in [2.75, 3.05) is 0 Å². The van der Waals surface area contributed by atoms with Crippen LogP contribution in [-0.4, -0.2) is 6.04 Å². The summed E-state index contributed by atoms with van der Waals surface area (Å²) in [6.07, 6.45) is 3.68. The third kappa shape index (κ3) is 1.86. The molecule has 0 saturated heterocycles. The molecule has 1 aromatic rings. The number of hydrogen-bond donors (Lipinski definition) is 1. The van der Waals surface area contributed by atoms with Gasteiger partial charge in [-0.25, -0.2) is 0 Å². The van der Waals surface area contributed by atoms with Crippen molar-refractivity contribution in [1.29, 1.82) is 0 Å². The molecule has 14 heavy (non-hydrogen) atoms. The largest absolute Gasteiger partial charge is 0.328 e. The molecule has 1 aliphatic rings. The SMILES string of the molecule is Cc1sccc1C1CC(N)CCC1C. The van der Waals surface area contributed by atoms with Crippen LogP contribution in [0.2, 0.25) is 0 Å². The van der Waals surface area contributed by atoms with Gasteiger partial charge in [-0.15, -0.1) is 11.3 Å². The van der Waals surface area contributed by atoms with Gasteiger partial charge in [-0.1, -0.05) is 6.92 Å². The maximum Gasteiger partial charge on any atom is 0.00491 e. The molecule has 1 aromatic heterocycles. The van der Waals surface area contributed by atoms with Crippen LogP contribution in [0.15, 0.2) is 11.4 Å². The van der Waals surface area contributed by atoms with Gasteiger partial charge < -0.3 is 5.73 Å². The van der Waals surface area contributed by atoms with Crippen molar-refractivity contribution in [2.24, 2.45) is 11.7 Å². The van der Waals surface area contributed by atoms with E-state index in [0.717, 1.165) is 5.92 Å². The average molecular weight is 209 g/mol. The fraction of sp³-hybridized carbons (Fsp3) is 0.667. The van der Waals surface area contributed by atoms with Gasteiger partial charge in [0, 0.05) is 10.9 Å². The summed E-state index contributed by atoms with van der Waals surface area (Å²) >= 11 is 1.86. The predicted octanol–water partition coefficient (Wildman–Crippen LogP) is 3.29. The zero-order chi connectivity index (χ0) is 10.1. The Labute approximate surface area is 90.3 Å². The van der Waals surface area contributed by atoms with E-state index < -0.39 is 0 Å². The first-order valence-electron chi connectivity index (χ1n) is 5.48. The van der Waals surface area contributed by atoms with E-state index in [4.69, 9.17) is 5.73 Å². The lowest BCUT2D eigenvalue weighted by molar-refractivity contribution is 0.300. The predicted molar refractivity (Wildman–Crippen MR) is 62.8 cm³/mol. The van der Waals surface area contributed by atoms with Gasteiger partial charge in [-0.2, -0.15) is 0 Å². The Hall–Kier alpha value is -0.340. The Bertz CT molecular complexity index is 305. The third-order valence-electron chi connectivity index (χ3n) is 3.53. The Morgan fingerprint density at radius 2 is 2.21 bits per heavy atom. The van der Waals surface area contributed by atoms with Crippen molar-refractivity contribution in [3.63, 3.8) is 0 Å². The molecule has 0 bridgehead atoms. The molecule has 0 spiro atoms. The van der Waals surface area contributed by atoms with Crippen molar-refractivity contribution >= 4 is 11.3 Å². The smallest absolute Gasteiger partial charge is 0.00491 e. The molecule has 2 heteroatoms. The Morgan fingerprint density at radius 3 is 2.86 bits per heavy atom. The molecule has 1 aliphatic carbocycles. The number of aryl methyl sites for hydroxylation is 1. The Kier molecular flexibility index (Phi) is 2.93. The second-order valence-electron chi connectivity index (χ2n) is 4.59. The van der Waals surface area contributed by atoms with E-state index in [-0.39, 0.29) is 0 Å². The van der Waals surface area contributed by atoms with Crippen LogP contribution in [0.1, 0.15) is 42.5 Å². The standard InChI is InChI=1S/C12H19NS/c1-8-3-4-10(13)7-12(8)11-5-6-14-9(11)2/h5-6,8,10,12H,3-4,7,13H2,1-2H3. The van der Waals surface area contributed by atoms with Gasteiger partial charge in [0.05, 0.1) is 0 Å². The summed E-state index contributed by atoms with van der Waals surface area (Å²) < 4.78 is 0. The van der Waals surface area contributed by atoms with Gasteiger partial charge in [0.1, 0.15) is 0 Å². The summed E-state index contributed by atoms with van der Waals surface area (Å²) in [5, 5.41) is 2.21. The summed E-state index contributed by atoms with van der Waals surface area (Å²) in [5.74, 6) is 1.52. The molecule has 2 rings (SSSR count). The molecule has 0 aromatic carbocycles. The number of hydrogen-bond acceptors (Lipinski definition) is 2. The van der Waals surface area contributed by atoms with Crippen LogP contribution in [0, 0.1) is 12.8 Å². The first-order valence-corrected chi connectivity index (χ1v) is 6.36. The van der Waals surface area contributed by atoms with Crippen molar-refractivity contribution in [2.45, 2.75) is 45.1 Å². The van der Waals surface area contributed by atoms with Crippen molar-refractivity contribution in [3.8, 4) is 0 Å². The van der Waals surface area contributed by atoms with Crippen LogP contribution >= 0.6 is 11.3 Å². The summed E-state index contributed by atoms with van der Waals surface area (Å²) in [6, 6.07) is 2.72. The highest BCUT2D eigenvalue weighted by atomic mass is 32.1. The zero-order valence-electron chi connectivity index (χ0n) is 8.99. The van der Waals surface area contributed by atoms with Crippen LogP contribution in [0.5, 0.6) is 0 Å². The van der Waals surface area contributed by atoms with Gasteiger partial charge in [0.15, 0.2) is 0 Å². The molecular formula is C12H19NS. The minimum atomic E-state index is 0.426. The third-order valence-corrected chi connectivity index (χ3v) is 4.40.